The lowest BCUT2D eigenvalue weighted by Crippen LogP contribution is -2.51. The van der Waals surface area contributed by atoms with Gasteiger partial charge in [-0.1, -0.05) is 98.1 Å². The standard InChI is InChI=1S/C22H42Si/c1-6-17-11-8-10-14-20(17)22(2,3)23(4,5)21-16-15-18-12-7-9-13-19(18)21/h17-21H,6-16H2,1-5H3/t17?,18?,19?,20?,21-/m1/s1. The van der Waals surface area contributed by atoms with Gasteiger partial charge in [0.05, 0.1) is 8.07 Å². The van der Waals surface area contributed by atoms with Crippen LogP contribution in [0.2, 0.25) is 23.7 Å². The molecule has 0 aromatic carbocycles. The Labute approximate surface area is 147 Å². The van der Waals surface area contributed by atoms with E-state index in [1.54, 1.807) is 25.7 Å². The van der Waals surface area contributed by atoms with E-state index in [9.17, 15) is 0 Å². The van der Waals surface area contributed by atoms with Gasteiger partial charge in [0.25, 0.3) is 0 Å². The first-order valence-corrected chi connectivity index (χ1v) is 14.0. The molecule has 0 amide bonds. The van der Waals surface area contributed by atoms with Crippen LogP contribution in [0.3, 0.4) is 0 Å². The first-order chi connectivity index (χ1) is 10.9. The molecular formula is C22H42Si. The van der Waals surface area contributed by atoms with E-state index in [-0.39, 0.29) is 0 Å². The second-order valence-corrected chi connectivity index (χ2v) is 15.9. The van der Waals surface area contributed by atoms with Crippen molar-refractivity contribution in [1.29, 1.82) is 0 Å². The van der Waals surface area contributed by atoms with Crippen LogP contribution in [0.1, 0.15) is 91.4 Å². The van der Waals surface area contributed by atoms with Crippen LogP contribution in [0.15, 0.2) is 0 Å². The zero-order valence-electron chi connectivity index (χ0n) is 16.7. The van der Waals surface area contributed by atoms with Gasteiger partial charge in [0, 0.05) is 0 Å². The van der Waals surface area contributed by atoms with Crippen LogP contribution in [0, 0.1) is 23.7 Å². The Morgan fingerprint density at radius 3 is 2.22 bits per heavy atom. The van der Waals surface area contributed by atoms with Crippen molar-refractivity contribution in [1.82, 2.24) is 0 Å². The van der Waals surface area contributed by atoms with Crippen LogP contribution >= 0.6 is 0 Å². The third-order valence-corrected chi connectivity index (χ3v) is 15.5. The van der Waals surface area contributed by atoms with Gasteiger partial charge in [-0.25, -0.2) is 0 Å². The molecule has 3 rings (SSSR count). The molecule has 23 heavy (non-hydrogen) atoms. The lowest BCUT2D eigenvalue weighted by Gasteiger charge is -2.54. The zero-order chi connectivity index (χ0) is 16.7. The first kappa shape index (κ1) is 18.0. The van der Waals surface area contributed by atoms with E-state index >= 15 is 0 Å². The van der Waals surface area contributed by atoms with Crippen LogP contribution < -0.4 is 0 Å². The average Bonchev–Trinajstić information content (AvgIpc) is 2.99. The molecule has 0 aromatic heterocycles. The van der Waals surface area contributed by atoms with Crippen molar-refractivity contribution in [3.8, 4) is 0 Å². The van der Waals surface area contributed by atoms with E-state index < -0.39 is 8.07 Å². The summed E-state index contributed by atoms with van der Waals surface area (Å²) in [6.45, 7) is 13.5. The Balaban J connectivity index is 1.81. The molecule has 0 aliphatic heterocycles. The highest BCUT2D eigenvalue weighted by Crippen LogP contribution is 2.62. The fraction of sp³-hybridized carbons (Fsp3) is 1.00. The molecule has 0 heterocycles. The molecule has 3 aliphatic rings. The first-order valence-electron chi connectivity index (χ1n) is 10.9. The smallest absolute Gasteiger partial charge is 0.0567 e. The largest absolute Gasteiger partial charge is 0.0687 e. The van der Waals surface area contributed by atoms with E-state index in [0.717, 1.165) is 29.2 Å². The van der Waals surface area contributed by atoms with E-state index in [0.29, 0.717) is 5.04 Å². The number of fused-ring (bicyclic) bond motifs is 1. The van der Waals surface area contributed by atoms with E-state index in [1.165, 1.54) is 44.9 Å². The summed E-state index contributed by atoms with van der Waals surface area (Å²) in [6, 6.07) is 0. The summed E-state index contributed by atoms with van der Waals surface area (Å²) in [5.41, 5.74) is 1.13. The number of hydrogen-bond acceptors (Lipinski definition) is 0. The predicted octanol–water partition coefficient (Wildman–Crippen LogP) is 7.66. The molecule has 5 atom stereocenters. The molecule has 0 aromatic rings. The molecule has 0 radical (unpaired) electrons. The Bertz CT molecular complexity index is 397. The minimum atomic E-state index is -1.25. The molecule has 134 valence electrons. The van der Waals surface area contributed by atoms with Crippen LogP contribution in [-0.2, 0) is 0 Å². The van der Waals surface area contributed by atoms with Crippen LogP contribution in [0.25, 0.3) is 0 Å². The van der Waals surface area contributed by atoms with Crippen molar-refractivity contribution < 1.29 is 0 Å². The molecule has 0 bridgehead atoms. The molecule has 0 nitrogen and oxygen atoms in total. The molecular weight excluding hydrogens is 292 g/mol. The maximum absolute atomic E-state index is 2.80. The summed E-state index contributed by atoms with van der Waals surface area (Å²) in [4.78, 5) is 0. The van der Waals surface area contributed by atoms with Gasteiger partial charge in [0.1, 0.15) is 0 Å². The van der Waals surface area contributed by atoms with Gasteiger partial charge in [-0.3, -0.25) is 0 Å². The Hall–Kier alpha value is 0.217. The Morgan fingerprint density at radius 1 is 0.826 bits per heavy atom. The third-order valence-electron chi connectivity index (χ3n) is 9.28. The predicted molar refractivity (Wildman–Crippen MR) is 106 cm³/mol. The summed E-state index contributed by atoms with van der Waals surface area (Å²) in [7, 11) is -1.25. The number of rotatable bonds is 4. The molecule has 4 unspecified atom stereocenters. The van der Waals surface area contributed by atoms with Crippen LogP contribution in [0.4, 0.5) is 0 Å². The maximum atomic E-state index is 2.80. The molecule has 3 saturated carbocycles. The summed E-state index contributed by atoms with van der Waals surface area (Å²) >= 11 is 0. The van der Waals surface area contributed by atoms with Crippen molar-refractivity contribution in [2.24, 2.45) is 23.7 Å². The van der Waals surface area contributed by atoms with Gasteiger partial charge >= 0.3 is 0 Å². The minimum Gasteiger partial charge on any atom is -0.0687 e. The lowest BCUT2D eigenvalue weighted by molar-refractivity contribution is 0.176. The lowest BCUT2D eigenvalue weighted by atomic mass is 9.72. The van der Waals surface area contributed by atoms with Crippen molar-refractivity contribution in [3.63, 3.8) is 0 Å². The fourth-order valence-electron chi connectivity index (χ4n) is 7.23. The monoisotopic (exact) mass is 334 g/mol. The second-order valence-electron chi connectivity index (χ2n) is 10.4. The number of hydrogen-bond donors (Lipinski definition) is 0. The topological polar surface area (TPSA) is 0 Å². The average molecular weight is 335 g/mol. The van der Waals surface area contributed by atoms with Gasteiger partial charge in [0.2, 0.25) is 0 Å². The molecule has 3 fully saturated rings. The Kier molecular flexibility index (Phi) is 5.37. The summed E-state index contributed by atoms with van der Waals surface area (Å²) in [5, 5.41) is 0.630. The third kappa shape index (κ3) is 3.09. The second kappa shape index (κ2) is 6.85. The van der Waals surface area contributed by atoms with Gasteiger partial charge in [-0.2, -0.15) is 0 Å². The van der Waals surface area contributed by atoms with Gasteiger partial charge in [0.15, 0.2) is 0 Å². The summed E-state index contributed by atoms with van der Waals surface area (Å²) in [6.07, 6.45) is 16.8. The Morgan fingerprint density at radius 2 is 1.48 bits per heavy atom. The SMILES string of the molecule is CCC1CCCCC1C(C)(C)[Si](C)(C)[C@@H]1CCC2CCCCC21. The van der Waals surface area contributed by atoms with Crippen LogP contribution in [-0.4, -0.2) is 8.07 Å². The van der Waals surface area contributed by atoms with Crippen molar-refractivity contribution in [2.45, 2.75) is 115 Å². The normalized spacial score (nSPS) is 39.3. The van der Waals surface area contributed by atoms with E-state index in [4.69, 9.17) is 0 Å². The highest BCUT2D eigenvalue weighted by atomic mass is 28.3. The van der Waals surface area contributed by atoms with E-state index in [1.807, 2.05) is 0 Å². The molecule has 0 saturated heterocycles. The molecule has 3 aliphatic carbocycles. The minimum absolute atomic E-state index is 0.630. The highest BCUT2D eigenvalue weighted by Gasteiger charge is 2.55. The van der Waals surface area contributed by atoms with Crippen LogP contribution in [0.5, 0.6) is 0 Å². The van der Waals surface area contributed by atoms with E-state index in [2.05, 4.69) is 33.9 Å². The quantitative estimate of drug-likeness (QED) is 0.463. The van der Waals surface area contributed by atoms with Gasteiger partial charge in [-0.05, 0) is 40.7 Å². The van der Waals surface area contributed by atoms with Gasteiger partial charge in [-0.15, -0.1) is 0 Å². The maximum Gasteiger partial charge on any atom is 0.0567 e. The molecule has 0 N–H and O–H groups in total. The molecule has 1 heteroatoms. The van der Waals surface area contributed by atoms with Crippen molar-refractivity contribution >= 4 is 8.07 Å². The van der Waals surface area contributed by atoms with Crippen molar-refractivity contribution in [2.75, 3.05) is 0 Å². The van der Waals surface area contributed by atoms with Gasteiger partial charge < -0.3 is 0 Å². The summed E-state index contributed by atoms with van der Waals surface area (Å²) in [5.74, 6) is 4.28. The highest BCUT2D eigenvalue weighted by molar-refractivity contribution is 6.81. The molecule has 0 spiro atoms. The summed E-state index contributed by atoms with van der Waals surface area (Å²) < 4.78 is 0. The fourth-order valence-corrected chi connectivity index (χ4v) is 11.9. The zero-order valence-corrected chi connectivity index (χ0v) is 17.7. The van der Waals surface area contributed by atoms with Crippen molar-refractivity contribution in [3.05, 3.63) is 0 Å².